The minimum absolute atomic E-state index is 0.147. The van der Waals surface area contributed by atoms with Crippen molar-refractivity contribution in [2.24, 2.45) is 0 Å². The summed E-state index contributed by atoms with van der Waals surface area (Å²) in [5.41, 5.74) is 1.95. The Balaban J connectivity index is 1.75. The fourth-order valence-corrected chi connectivity index (χ4v) is 4.47. The quantitative estimate of drug-likeness (QED) is 0.619. The third kappa shape index (κ3) is 4.85. The zero-order valence-electron chi connectivity index (χ0n) is 16.7. The number of sulfonamides is 1. The maximum atomic E-state index is 12.7. The molecule has 0 aliphatic carbocycles. The molecule has 0 amide bonds. The van der Waals surface area contributed by atoms with Crippen LogP contribution in [0.4, 0.5) is 0 Å². The fourth-order valence-electron chi connectivity index (χ4n) is 3.12. The Hall–Kier alpha value is -2.67. The van der Waals surface area contributed by atoms with Gasteiger partial charge in [-0.25, -0.2) is 13.1 Å². The Morgan fingerprint density at radius 2 is 1.59 bits per heavy atom. The first-order valence-corrected chi connectivity index (χ1v) is 10.7. The molecule has 0 aliphatic rings. The normalized spacial score (nSPS) is 13.7. The predicted molar refractivity (Wildman–Crippen MR) is 114 cm³/mol. The molecule has 0 aliphatic heterocycles. The van der Waals surface area contributed by atoms with Crippen LogP contribution in [0.15, 0.2) is 77.7 Å². The first-order valence-electron chi connectivity index (χ1n) is 9.25. The van der Waals surface area contributed by atoms with Crippen LogP contribution in [0.2, 0.25) is 0 Å². The van der Waals surface area contributed by atoms with Crippen molar-refractivity contribution >= 4 is 10.0 Å². The Morgan fingerprint density at radius 3 is 2.17 bits per heavy atom. The number of nitrogens with one attached hydrogen (secondary N) is 1. The van der Waals surface area contributed by atoms with Crippen LogP contribution >= 0.6 is 0 Å². The average molecular weight is 412 g/mol. The molecule has 5 nitrogen and oxygen atoms in total. The molecule has 0 saturated heterocycles. The maximum Gasteiger partial charge on any atom is 0.240 e. The summed E-state index contributed by atoms with van der Waals surface area (Å²) in [5.74, 6) is 0.590. The molecular formula is C23H25NO4S. The highest BCUT2D eigenvalue weighted by Crippen LogP contribution is 2.26. The van der Waals surface area contributed by atoms with Crippen LogP contribution in [0.3, 0.4) is 0 Å². The van der Waals surface area contributed by atoms with Gasteiger partial charge in [0.15, 0.2) is 0 Å². The van der Waals surface area contributed by atoms with Gasteiger partial charge in [0.2, 0.25) is 10.0 Å². The summed E-state index contributed by atoms with van der Waals surface area (Å²) < 4.78 is 33.1. The molecule has 0 saturated carbocycles. The number of methoxy groups -OCH3 is 1. The summed E-state index contributed by atoms with van der Waals surface area (Å²) in [6.07, 6.45) is 0. The molecule has 0 bridgehead atoms. The van der Waals surface area contributed by atoms with E-state index in [9.17, 15) is 13.5 Å². The summed E-state index contributed by atoms with van der Waals surface area (Å²) in [7, 11) is -2.24. The van der Waals surface area contributed by atoms with Crippen molar-refractivity contribution in [1.29, 1.82) is 0 Å². The monoisotopic (exact) mass is 411 g/mol. The molecular weight excluding hydrogens is 386 g/mol. The topological polar surface area (TPSA) is 75.6 Å². The smallest absolute Gasteiger partial charge is 0.240 e. The van der Waals surface area contributed by atoms with Crippen LogP contribution in [-0.4, -0.2) is 27.2 Å². The lowest BCUT2D eigenvalue weighted by Crippen LogP contribution is -2.38. The molecule has 0 heterocycles. The second-order valence-electron chi connectivity index (χ2n) is 7.17. The molecule has 6 heteroatoms. The molecule has 0 aromatic heterocycles. The number of hydrogen-bond donors (Lipinski definition) is 2. The van der Waals surface area contributed by atoms with Crippen LogP contribution in [0, 0.1) is 6.92 Å². The van der Waals surface area contributed by atoms with Crippen LogP contribution in [-0.2, 0) is 15.6 Å². The van der Waals surface area contributed by atoms with Gasteiger partial charge in [-0.3, -0.25) is 0 Å². The SMILES string of the molecule is COc1ccc(S(=O)(=O)NC[C@](C)(O)c2ccc(-c3ccccc3)cc2)c(C)c1. The van der Waals surface area contributed by atoms with E-state index in [0.717, 1.165) is 11.1 Å². The lowest BCUT2D eigenvalue weighted by Gasteiger charge is -2.25. The Kier molecular flexibility index (Phi) is 6.07. The van der Waals surface area contributed by atoms with Crippen LogP contribution < -0.4 is 9.46 Å². The molecule has 29 heavy (non-hydrogen) atoms. The van der Waals surface area contributed by atoms with Crippen molar-refractivity contribution in [3.8, 4) is 16.9 Å². The van der Waals surface area contributed by atoms with E-state index in [4.69, 9.17) is 4.74 Å². The molecule has 0 radical (unpaired) electrons. The van der Waals surface area contributed by atoms with Crippen molar-refractivity contribution in [3.63, 3.8) is 0 Å². The van der Waals surface area contributed by atoms with Gasteiger partial charge in [0, 0.05) is 6.54 Å². The Bertz CT molecular complexity index is 1080. The van der Waals surface area contributed by atoms with Crippen molar-refractivity contribution < 1.29 is 18.3 Å². The molecule has 0 unspecified atom stereocenters. The van der Waals surface area contributed by atoms with Gasteiger partial charge >= 0.3 is 0 Å². The van der Waals surface area contributed by atoms with Crippen molar-refractivity contribution in [2.75, 3.05) is 13.7 Å². The summed E-state index contributed by atoms with van der Waals surface area (Å²) in [6.45, 7) is 3.15. The van der Waals surface area contributed by atoms with E-state index in [1.54, 1.807) is 26.0 Å². The number of aryl methyl sites for hydroxylation is 1. The minimum Gasteiger partial charge on any atom is -0.497 e. The first kappa shape index (κ1) is 21.0. The van der Waals surface area contributed by atoms with Gasteiger partial charge < -0.3 is 9.84 Å². The third-order valence-electron chi connectivity index (χ3n) is 4.89. The van der Waals surface area contributed by atoms with E-state index in [2.05, 4.69) is 4.72 Å². The van der Waals surface area contributed by atoms with E-state index in [1.165, 1.54) is 13.2 Å². The van der Waals surface area contributed by atoms with Crippen molar-refractivity contribution in [2.45, 2.75) is 24.3 Å². The van der Waals surface area contributed by atoms with Crippen LogP contribution in [0.1, 0.15) is 18.1 Å². The molecule has 1 atom stereocenters. The molecule has 2 N–H and O–H groups in total. The Labute approximate surface area is 172 Å². The number of aliphatic hydroxyl groups is 1. The highest BCUT2D eigenvalue weighted by molar-refractivity contribution is 7.89. The molecule has 3 rings (SSSR count). The van der Waals surface area contributed by atoms with E-state index in [1.807, 2.05) is 54.6 Å². The summed E-state index contributed by atoms with van der Waals surface area (Å²) in [4.78, 5) is 0.161. The summed E-state index contributed by atoms with van der Waals surface area (Å²) in [5, 5.41) is 10.9. The van der Waals surface area contributed by atoms with Gasteiger partial charge in [0.1, 0.15) is 11.4 Å². The second kappa shape index (κ2) is 8.37. The highest BCUT2D eigenvalue weighted by atomic mass is 32.2. The molecule has 0 spiro atoms. The van der Waals surface area contributed by atoms with Gasteiger partial charge in [0.25, 0.3) is 0 Å². The third-order valence-corrected chi connectivity index (χ3v) is 6.45. The first-order chi connectivity index (χ1) is 13.7. The Morgan fingerprint density at radius 1 is 0.966 bits per heavy atom. The van der Waals surface area contributed by atoms with Crippen LogP contribution in [0.25, 0.3) is 11.1 Å². The zero-order valence-corrected chi connectivity index (χ0v) is 17.5. The highest BCUT2D eigenvalue weighted by Gasteiger charge is 2.27. The van der Waals surface area contributed by atoms with Gasteiger partial charge in [-0.15, -0.1) is 0 Å². The minimum atomic E-state index is -3.77. The number of hydrogen-bond acceptors (Lipinski definition) is 4. The molecule has 152 valence electrons. The maximum absolute atomic E-state index is 12.7. The molecule has 3 aromatic carbocycles. The van der Waals surface area contributed by atoms with E-state index >= 15 is 0 Å². The lowest BCUT2D eigenvalue weighted by atomic mass is 9.94. The second-order valence-corrected chi connectivity index (χ2v) is 8.91. The van der Waals surface area contributed by atoms with Gasteiger partial charge in [-0.05, 0) is 54.3 Å². The number of ether oxygens (including phenoxy) is 1. The van der Waals surface area contributed by atoms with Crippen LogP contribution in [0.5, 0.6) is 5.75 Å². The summed E-state index contributed by atoms with van der Waals surface area (Å²) >= 11 is 0. The molecule has 3 aromatic rings. The van der Waals surface area contributed by atoms with E-state index in [0.29, 0.717) is 16.9 Å². The van der Waals surface area contributed by atoms with E-state index < -0.39 is 15.6 Å². The average Bonchev–Trinajstić information content (AvgIpc) is 2.73. The van der Waals surface area contributed by atoms with Gasteiger partial charge in [-0.2, -0.15) is 0 Å². The molecule has 0 fully saturated rings. The van der Waals surface area contributed by atoms with Crippen molar-refractivity contribution in [3.05, 3.63) is 83.9 Å². The zero-order chi connectivity index (χ0) is 21.1. The van der Waals surface area contributed by atoms with Gasteiger partial charge in [-0.1, -0.05) is 54.6 Å². The van der Waals surface area contributed by atoms with Crippen molar-refractivity contribution in [1.82, 2.24) is 4.72 Å². The summed E-state index contributed by atoms with van der Waals surface area (Å²) in [6, 6.07) is 22.1. The number of benzene rings is 3. The number of rotatable bonds is 7. The lowest BCUT2D eigenvalue weighted by molar-refractivity contribution is 0.0627. The predicted octanol–water partition coefficient (Wildman–Crippen LogP) is 3.86. The van der Waals surface area contributed by atoms with E-state index in [-0.39, 0.29) is 11.4 Å². The fraction of sp³-hybridized carbons (Fsp3) is 0.217. The largest absolute Gasteiger partial charge is 0.497 e. The standard InChI is InChI=1S/C23H25NO4S/c1-17-15-21(28-3)13-14-22(17)29(26,27)24-16-23(2,25)20-11-9-19(10-12-20)18-7-5-4-6-8-18/h4-15,24-25H,16H2,1-3H3/t23-/m0/s1. The van der Waals surface area contributed by atoms with Gasteiger partial charge in [0.05, 0.1) is 12.0 Å².